The van der Waals surface area contributed by atoms with Crippen molar-refractivity contribution in [2.75, 3.05) is 43.4 Å². The molecule has 1 fully saturated rings. The van der Waals surface area contributed by atoms with Crippen LogP contribution in [0.5, 0.6) is 0 Å². The van der Waals surface area contributed by atoms with Crippen molar-refractivity contribution < 1.29 is 14.1 Å². The molecule has 0 unspecified atom stereocenters. The normalized spacial score (nSPS) is 16.0. The molecule has 3 rings (SSSR count). The van der Waals surface area contributed by atoms with Gasteiger partial charge in [-0.2, -0.15) is 0 Å². The summed E-state index contributed by atoms with van der Waals surface area (Å²) >= 11 is 0. The zero-order valence-corrected chi connectivity index (χ0v) is 12.1. The van der Waals surface area contributed by atoms with E-state index in [1.54, 1.807) is 17.0 Å². The highest BCUT2D eigenvalue weighted by Crippen LogP contribution is 2.18. The molecule has 0 bridgehead atoms. The van der Waals surface area contributed by atoms with Crippen LogP contribution >= 0.6 is 0 Å². The number of hydrogen-bond acceptors (Lipinski definition) is 3. The molecule has 1 aromatic heterocycles. The van der Waals surface area contributed by atoms with Crippen molar-refractivity contribution in [2.45, 2.75) is 0 Å². The van der Waals surface area contributed by atoms with E-state index < -0.39 is 0 Å². The number of carbonyl (C=O) groups excluding carboxylic acids is 1. The third kappa shape index (κ3) is 3.25. The summed E-state index contributed by atoms with van der Waals surface area (Å²) in [6, 6.07) is 11.3. The van der Waals surface area contributed by atoms with Crippen molar-refractivity contribution in [3.63, 3.8) is 0 Å². The van der Waals surface area contributed by atoms with Crippen molar-refractivity contribution in [3.8, 4) is 0 Å². The third-order valence-corrected chi connectivity index (χ3v) is 3.85. The van der Waals surface area contributed by atoms with Crippen LogP contribution in [0.1, 0.15) is 10.6 Å². The minimum absolute atomic E-state index is 0.226. The minimum Gasteiger partial charge on any atom is -0.459 e. The zero-order valence-electron chi connectivity index (χ0n) is 12.1. The molecule has 1 saturated heterocycles. The SMILES string of the molecule is C[NH+]1CCN(c2ccc(NC(=O)c3ccco3)cc2)CC1. The molecule has 0 aliphatic carbocycles. The summed E-state index contributed by atoms with van der Waals surface area (Å²) in [4.78, 5) is 15.8. The Bertz CT molecular complexity index is 584. The molecule has 2 N–H and O–H groups in total. The minimum atomic E-state index is -0.226. The van der Waals surface area contributed by atoms with Gasteiger partial charge in [0, 0.05) is 11.4 Å². The van der Waals surface area contributed by atoms with Crippen molar-refractivity contribution in [2.24, 2.45) is 0 Å². The van der Waals surface area contributed by atoms with Crippen molar-refractivity contribution in [3.05, 3.63) is 48.4 Å². The van der Waals surface area contributed by atoms with E-state index in [9.17, 15) is 4.79 Å². The molecule has 0 spiro atoms. The van der Waals surface area contributed by atoms with Crippen LogP contribution in [-0.2, 0) is 0 Å². The molecule has 2 aromatic rings. The summed E-state index contributed by atoms with van der Waals surface area (Å²) in [6.07, 6.45) is 1.49. The maximum atomic E-state index is 11.9. The Labute approximate surface area is 124 Å². The fourth-order valence-corrected chi connectivity index (χ4v) is 2.50. The highest BCUT2D eigenvalue weighted by atomic mass is 16.3. The molecule has 5 heteroatoms. The number of amides is 1. The Hall–Kier alpha value is -2.27. The van der Waals surface area contributed by atoms with E-state index in [0.29, 0.717) is 5.76 Å². The fraction of sp³-hybridized carbons (Fsp3) is 0.312. The molecule has 5 nitrogen and oxygen atoms in total. The number of nitrogens with zero attached hydrogens (tertiary/aromatic N) is 1. The van der Waals surface area contributed by atoms with Gasteiger partial charge in [0.2, 0.25) is 0 Å². The van der Waals surface area contributed by atoms with Gasteiger partial charge in [0.1, 0.15) is 0 Å². The summed E-state index contributed by atoms with van der Waals surface area (Å²) < 4.78 is 5.07. The Kier molecular flexibility index (Phi) is 3.92. The number of likely N-dealkylation sites (N-methyl/N-ethyl adjacent to an activating group) is 1. The number of piperazine rings is 1. The van der Waals surface area contributed by atoms with E-state index >= 15 is 0 Å². The molecular weight excluding hydrogens is 266 g/mol. The fourth-order valence-electron chi connectivity index (χ4n) is 2.50. The lowest BCUT2D eigenvalue weighted by Crippen LogP contribution is -3.12. The molecular formula is C16H20N3O2+. The number of anilines is 2. The maximum absolute atomic E-state index is 11.9. The van der Waals surface area contributed by atoms with Crippen LogP contribution in [-0.4, -0.2) is 39.1 Å². The van der Waals surface area contributed by atoms with Crippen molar-refractivity contribution in [1.82, 2.24) is 0 Å². The van der Waals surface area contributed by atoms with E-state index in [1.807, 2.05) is 12.1 Å². The quantitative estimate of drug-likeness (QED) is 0.880. The first-order chi connectivity index (χ1) is 10.2. The molecule has 110 valence electrons. The van der Waals surface area contributed by atoms with E-state index in [1.165, 1.54) is 12.0 Å². The maximum Gasteiger partial charge on any atom is 0.291 e. The van der Waals surface area contributed by atoms with Crippen LogP contribution < -0.4 is 15.1 Å². The number of quaternary nitrogens is 1. The molecule has 0 atom stereocenters. The van der Waals surface area contributed by atoms with Crippen LogP contribution in [0.15, 0.2) is 47.1 Å². The number of rotatable bonds is 3. The molecule has 2 heterocycles. The smallest absolute Gasteiger partial charge is 0.291 e. The average Bonchev–Trinajstić information content (AvgIpc) is 3.03. The second-order valence-corrected chi connectivity index (χ2v) is 5.42. The summed E-state index contributed by atoms with van der Waals surface area (Å²) in [5.41, 5.74) is 1.98. The molecule has 0 saturated carbocycles. The van der Waals surface area contributed by atoms with Gasteiger partial charge in [-0.05, 0) is 36.4 Å². The number of benzene rings is 1. The second-order valence-electron chi connectivity index (χ2n) is 5.42. The van der Waals surface area contributed by atoms with E-state index in [4.69, 9.17) is 4.42 Å². The van der Waals surface area contributed by atoms with Crippen LogP contribution in [0.2, 0.25) is 0 Å². The first-order valence-corrected chi connectivity index (χ1v) is 7.23. The summed E-state index contributed by atoms with van der Waals surface area (Å²) in [5.74, 6) is 0.0945. The summed E-state index contributed by atoms with van der Waals surface area (Å²) in [6.45, 7) is 4.47. The van der Waals surface area contributed by atoms with Gasteiger partial charge in [0.25, 0.3) is 5.91 Å². The summed E-state index contributed by atoms with van der Waals surface area (Å²) in [7, 11) is 2.23. The highest BCUT2D eigenvalue weighted by molar-refractivity contribution is 6.02. The van der Waals surface area contributed by atoms with Gasteiger partial charge in [-0.15, -0.1) is 0 Å². The van der Waals surface area contributed by atoms with Crippen LogP contribution in [0.25, 0.3) is 0 Å². The standard InChI is InChI=1S/C16H19N3O2/c1-18-8-10-19(11-9-18)14-6-4-13(5-7-14)17-16(20)15-3-2-12-21-15/h2-7,12H,8-11H2,1H3,(H,17,20)/p+1. The Morgan fingerprint density at radius 2 is 1.90 bits per heavy atom. The number of hydrogen-bond donors (Lipinski definition) is 2. The van der Waals surface area contributed by atoms with Gasteiger partial charge in [0.15, 0.2) is 5.76 Å². The van der Waals surface area contributed by atoms with E-state index in [0.717, 1.165) is 31.9 Å². The number of furan rings is 1. The van der Waals surface area contributed by atoms with Crippen LogP contribution in [0.3, 0.4) is 0 Å². The Balaban J connectivity index is 1.63. The lowest BCUT2D eigenvalue weighted by Gasteiger charge is -2.31. The van der Waals surface area contributed by atoms with Crippen LogP contribution in [0.4, 0.5) is 11.4 Å². The predicted octanol–water partition coefficient (Wildman–Crippen LogP) is 0.867. The predicted molar refractivity (Wildman–Crippen MR) is 81.9 cm³/mol. The van der Waals surface area contributed by atoms with Gasteiger partial charge < -0.3 is 19.5 Å². The Morgan fingerprint density at radius 3 is 2.52 bits per heavy atom. The molecule has 21 heavy (non-hydrogen) atoms. The molecule has 1 aliphatic heterocycles. The second kappa shape index (κ2) is 6.01. The van der Waals surface area contributed by atoms with Crippen molar-refractivity contribution >= 4 is 17.3 Å². The highest BCUT2D eigenvalue weighted by Gasteiger charge is 2.16. The van der Waals surface area contributed by atoms with E-state index in [2.05, 4.69) is 29.4 Å². The van der Waals surface area contributed by atoms with Gasteiger partial charge in [-0.3, -0.25) is 4.79 Å². The average molecular weight is 286 g/mol. The third-order valence-electron chi connectivity index (χ3n) is 3.85. The lowest BCUT2D eigenvalue weighted by atomic mass is 10.2. The van der Waals surface area contributed by atoms with Crippen molar-refractivity contribution in [1.29, 1.82) is 0 Å². The number of nitrogens with one attached hydrogen (secondary N) is 2. The molecule has 1 amide bonds. The summed E-state index contributed by atoms with van der Waals surface area (Å²) in [5, 5.41) is 2.83. The molecule has 0 radical (unpaired) electrons. The monoisotopic (exact) mass is 286 g/mol. The van der Waals surface area contributed by atoms with Gasteiger partial charge in [-0.25, -0.2) is 0 Å². The Morgan fingerprint density at radius 1 is 1.19 bits per heavy atom. The largest absolute Gasteiger partial charge is 0.459 e. The van der Waals surface area contributed by atoms with Gasteiger partial charge >= 0.3 is 0 Å². The number of carbonyl (C=O) groups is 1. The molecule has 1 aliphatic rings. The topological polar surface area (TPSA) is 49.9 Å². The van der Waals surface area contributed by atoms with Crippen LogP contribution in [0, 0.1) is 0 Å². The molecule has 1 aromatic carbocycles. The zero-order chi connectivity index (χ0) is 14.7. The van der Waals surface area contributed by atoms with E-state index in [-0.39, 0.29) is 5.91 Å². The first kappa shape index (κ1) is 13.7. The van der Waals surface area contributed by atoms with Gasteiger partial charge in [0.05, 0.1) is 39.5 Å². The lowest BCUT2D eigenvalue weighted by molar-refractivity contribution is -0.880. The van der Waals surface area contributed by atoms with Gasteiger partial charge in [-0.1, -0.05) is 0 Å². The first-order valence-electron chi connectivity index (χ1n) is 7.23.